The van der Waals surface area contributed by atoms with Crippen LogP contribution in [0.4, 0.5) is 5.69 Å². The van der Waals surface area contributed by atoms with Crippen LogP contribution in [-0.2, 0) is 0 Å². The topological polar surface area (TPSA) is 48.1 Å². The maximum Gasteiger partial charge on any atom is 0.189 e. The Balaban J connectivity index is 2.36. The lowest BCUT2D eigenvalue weighted by Crippen LogP contribution is -2.48. The van der Waals surface area contributed by atoms with Gasteiger partial charge in [-0.05, 0) is 61.9 Å². The molecule has 0 amide bonds. The van der Waals surface area contributed by atoms with Gasteiger partial charge in [-0.1, -0.05) is 25.5 Å². The highest BCUT2D eigenvalue weighted by Gasteiger charge is 2.02. The molecule has 1 rings (SSSR count). The number of anilines is 1. The van der Waals surface area contributed by atoms with Gasteiger partial charge in [0.2, 0.25) is 0 Å². The monoisotopic (exact) mass is 310 g/mol. The number of hydrazine groups is 1. The van der Waals surface area contributed by atoms with Crippen molar-refractivity contribution in [3.63, 3.8) is 0 Å². The Hall–Kier alpha value is -1.40. The number of thiocarbonyl (C=S) groups is 2. The van der Waals surface area contributed by atoms with Gasteiger partial charge < -0.3 is 10.6 Å². The van der Waals surface area contributed by atoms with E-state index < -0.39 is 0 Å². The number of benzene rings is 1. The summed E-state index contributed by atoms with van der Waals surface area (Å²) in [5.41, 5.74) is 9.06. The number of nitrogens with one attached hydrogen (secondary N) is 4. The summed E-state index contributed by atoms with van der Waals surface area (Å²) in [6.07, 6.45) is 2.22. The van der Waals surface area contributed by atoms with E-state index in [1.807, 2.05) is 13.8 Å². The van der Waals surface area contributed by atoms with Crippen LogP contribution in [0.1, 0.15) is 30.9 Å². The van der Waals surface area contributed by atoms with Crippen molar-refractivity contribution in [2.24, 2.45) is 0 Å². The second kappa shape index (κ2) is 8.71. The summed E-state index contributed by atoms with van der Waals surface area (Å²) in [4.78, 5) is 0. The second-order valence-corrected chi connectivity index (χ2v) is 5.45. The van der Waals surface area contributed by atoms with Crippen LogP contribution in [0.25, 0.3) is 0 Å². The largest absolute Gasteiger partial charge is 0.361 e. The molecule has 4 nitrogen and oxygen atoms in total. The average molecular weight is 310 g/mol. The summed E-state index contributed by atoms with van der Waals surface area (Å²) in [7, 11) is 0. The van der Waals surface area contributed by atoms with Crippen LogP contribution in [0.5, 0.6) is 0 Å². The fourth-order valence-corrected chi connectivity index (χ4v) is 1.87. The molecule has 110 valence electrons. The first kappa shape index (κ1) is 16.7. The number of unbranched alkanes of at least 4 members (excludes halogenated alkanes) is 1. The molecule has 0 bridgehead atoms. The lowest BCUT2D eigenvalue weighted by molar-refractivity contribution is 0.732. The first-order chi connectivity index (χ1) is 9.52. The van der Waals surface area contributed by atoms with E-state index in [4.69, 9.17) is 24.4 Å². The molecule has 1 aromatic carbocycles. The second-order valence-electron chi connectivity index (χ2n) is 4.63. The van der Waals surface area contributed by atoms with Crippen LogP contribution < -0.4 is 21.5 Å². The lowest BCUT2D eigenvalue weighted by Gasteiger charge is -2.15. The average Bonchev–Trinajstić information content (AvgIpc) is 2.41. The van der Waals surface area contributed by atoms with E-state index in [-0.39, 0.29) is 0 Å². The highest BCUT2D eigenvalue weighted by atomic mass is 32.1. The number of hydrogen-bond donors (Lipinski definition) is 4. The molecule has 0 aromatic heterocycles. The molecule has 0 aliphatic heterocycles. The molecular weight excluding hydrogens is 288 g/mol. The van der Waals surface area contributed by atoms with Gasteiger partial charge in [-0.15, -0.1) is 0 Å². The zero-order chi connectivity index (χ0) is 15.0. The predicted molar refractivity (Wildman–Crippen MR) is 93.9 cm³/mol. The van der Waals surface area contributed by atoms with E-state index in [0.717, 1.165) is 30.6 Å². The van der Waals surface area contributed by atoms with Crippen LogP contribution in [0, 0.1) is 13.8 Å². The third-order valence-electron chi connectivity index (χ3n) is 2.75. The van der Waals surface area contributed by atoms with E-state index in [1.54, 1.807) is 0 Å². The number of aryl methyl sites for hydroxylation is 2. The van der Waals surface area contributed by atoms with E-state index in [9.17, 15) is 0 Å². The molecule has 0 radical (unpaired) electrons. The summed E-state index contributed by atoms with van der Waals surface area (Å²) in [6.45, 7) is 7.09. The van der Waals surface area contributed by atoms with Crippen LogP contribution in [0.3, 0.4) is 0 Å². The van der Waals surface area contributed by atoms with E-state index in [0.29, 0.717) is 10.2 Å². The molecule has 1 aromatic rings. The zero-order valence-corrected chi connectivity index (χ0v) is 13.8. The predicted octanol–water partition coefficient (Wildman–Crippen LogP) is 2.77. The maximum absolute atomic E-state index is 5.22. The van der Waals surface area contributed by atoms with E-state index in [2.05, 4.69) is 46.6 Å². The quantitative estimate of drug-likeness (QED) is 0.390. The molecule has 6 heteroatoms. The van der Waals surface area contributed by atoms with E-state index >= 15 is 0 Å². The number of hydrogen-bond acceptors (Lipinski definition) is 2. The molecule has 0 spiro atoms. The summed E-state index contributed by atoms with van der Waals surface area (Å²) in [5.74, 6) is 0. The molecule has 0 aliphatic carbocycles. The van der Waals surface area contributed by atoms with Crippen molar-refractivity contribution in [1.82, 2.24) is 16.2 Å². The fraction of sp³-hybridized carbons (Fsp3) is 0.429. The third kappa shape index (κ3) is 6.16. The minimum Gasteiger partial charge on any atom is -0.361 e. The molecule has 0 atom stereocenters. The van der Waals surface area contributed by atoms with Crippen LogP contribution in [0.15, 0.2) is 18.2 Å². The van der Waals surface area contributed by atoms with Crippen molar-refractivity contribution >= 4 is 40.3 Å². The van der Waals surface area contributed by atoms with Crippen molar-refractivity contribution in [2.45, 2.75) is 33.6 Å². The first-order valence-electron chi connectivity index (χ1n) is 6.71. The Morgan fingerprint density at radius 2 is 1.80 bits per heavy atom. The van der Waals surface area contributed by atoms with Crippen molar-refractivity contribution in [3.05, 3.63) is 29.3 Å². The number of rotatable bonds is 4. The normalized spacial score (nSPS) is 9.75. The summed E-state index contributed by atoms with van der Waals surface area (Å²) >= 11 is 10.3. The summed E-state index contributed by atoms with van der Waals surface area (Å²) in [5, 5.41) is 7.27. The molecule has 0 unspecified atom stereocenters. The zero-order valence-electron chi connectivity index (χ0n) is 12.2. The van der Waals surface area contributed by atoms with Crippen LogP contribution in [0.2, 0.25) is 0 Å². The minimum absolute atomic E-state index is 0.485. The minimum atomic E-state index is 0.485. The Labute approximate surface area is 131 Å². The van der Waals surface area contributed by atoms with Gasteiger partial charge in [-0.3, -0.25) is 10.9 Å². The molecule has 0 heterocycles. The molecule has 0 aliphatic rings. The lowest BCUT2D eigenvalue weighted by atomic mass is 10.1. The molecule has 0 saturated heterocycles. The van der Waals surface area contributed by atoms with Crippen molar-refractivity contribution < 1.29 is 0 Å². The van der Waals surface area contributed by atoms with Gasteiger partial charge in [0.25, 0.3) is 0 Å². The van der Waals surface area contributed by atoms with Gasteiger partial charge in [0.15, 0.2) is 10.2 Å². The molecule has 20 heavy (non-hydrogen) atoms. The first-order valence-corrected chi connectivity index (χ1v) is 7.52. The SMILES string of the molecule is CCCCNC(=S)NNC(=S)Nc1cc(C)ccc1C. The fourth-order valence-electron chi connectivity index (χ4n) is 1.56. The van der Waals surface area contributed by atoms with E-state index in [1.165, 1.54) is 5.56 Å². The van der Waals surface area contributed by atoms with Crippen molar-refractivity contribution in [3.8, 4) is 0 Å². The van der Waals surface area contributed by atoms with Gasteiger partial charge in [0.05, 0.1) is 0 Å². The summed E-state index contributed by atoms with van der Waals surface area (Å²) in [6, 6.07) is 6.19. The highest BCUT2D eigenvalue weighted by molar-refractivity contribution is 7.80. The van der Waals surface area contributed by atoms with Gasteiger partial charge in [0, 0.05) is 12.2 Å². The molecule has 4 N–H and O–H groups in total. The van der Waals surface area contributed by atoms with Gasteiger partial charge >= 0.3 is 0 Å². The molecule has 0 saturated carbocycles. The van der Waals surface area contributed by atoms with Gasteiger partial charge in [-0.2, -0.15) is 0 Å². The Bertz CT molecular complexity index is 474. The maximum atomic E-state index is 5.22. The van der Waals surface area contributed by atoms with Crippen molar-refractivity contribution in [1.29, 1.82) is 0 Å². The van der Waals surface area contributed by atoms with Gasteiger partial charge in [0.1, 0.15) is 0 Å². The molecular formula is C14H22N4S2. The third-order valence-corrected chi connectivity index (χ3v) is 3.20. The highest BCUT2D eigenvalue weighted by Crippen LogP contribution is 2.15. The van der Waals surface area contributed by atoms with Crippen molar-refractivity contribution in [2.75, 3.05) is 11.9 Å². The summed E-state index contributed by atoms with van der Waals surface area (Å²) < 4.78 is 0. The van der Waals surface area contributed by atoms with Gasteiger partial charge in [-0.25, -0.2) is 0 Å². The Morgan fingerprint density at radius 1 is 1.10 bits per heavy atom. The molecule has 0 fully saturated rings. The standard InChI is InChI=1S/C14H22N4S2/c1-4-5-8-15-13(19)17-18-14(20)16-12-9-10(2)6-7-11(12)3/h6-7,9H,4-5,8H2,1-3H3,(H2,15,17,19)(H2,16,18,20). The van der Waals surface area contributed by atoms with Crippen LogP contribution in [-0.4, -0.2) is 16.8 Å². The smallest absolute Gasteiger partial charge is 0.189 e. The Morgan fingerprint density at radius 3 is 2.50 bits per heavy atom. The Kier molecular flexibility index (Phi) is 7.25. The van der Waals surface area contributed by atoms with Crippen LogP contribution >= 0.6 is 24.4 Å².